The minimum atomic E-state index is -0.594. The van der Waals surface area contributed by atoms with Gasteiger partial charge < -0.3 is 5.32 Å². The molecule has 23 heavy (non-hydrogen) atoms. The molecule has 0 saturated heterocycles. The molecular formula is C15H9Br2FN4O. The summed E-state index contributed by atoms with van der Waals surface area (Å²) in [6, 6.07) is 9.49. The average Bonchev–Trinajstić information content (AvgIpc) is 3.04. The molecule has 3 rings (SSSR count). The molecule has 2 aromatic carbocycles. The Labute approximate surface area is 147 Å². The van der Waals surface area contributed by atoms with E-state index in [9.17, 15) is 9.18 Å². The number of nitrogens with zero attached hydrogens (tertiary/aromatic N) is 3. The Morgan fingerprint density at radius 3 is 2.61 bits per heavy atom. The maximum absolute atomic E-state index is 13.9. The van der Waals surface area contributed by atoms with Crippen LogP contribution in [0.15, 0.2) is 58.0 Å². The molecule has 1 amide bonds. The summed E-state index contributed by atoms with van der Waals surface area (Å²) in [6.45, 7) is 0. The third-order valence-corrected chi connectivity index (χ3v) is 4.03. The standard InChI is InChI=1S/C15H9Br2FN4O/c16-9-1-3-12(18)11(5-9)15(23)21-13-6-10(17)2-4-14(13)22-8-19-7-20-22/h1-8H,(H,21,23). The van der Waals surface area contributed by atoms with Gasteiger partial charge in [0.2, 0.25) is 0 Å². The van der Waals surface area contributed by atoms with Gasteiger partial charge >= 0.3 is 0 Å². The fraction of sp³-hybridized carbons (Fsp3) is 0. The van der Waals surface area contributed by atoms with Crippen molar-refractivity contribution >= 4 is 43.5 Å². The van der Waals surface area contributed by atoms with Crippen LogP contribution < -0.4 is 5.32 Å². The van der Waals surface area contributed by atoms with Crippen LogP contribution >= 0.6 is 31.9 Å². The summed E-state index contributed by atoms with van der Waals surface area (Å²) < 4.78 is 16.8. The largest absolute Gasteiger partial charge is 0.320 e. The van der Waals surface area contributed by atoms with Gasteiger partial charge in [-0.1, -0.05) is 31.9 Å². The minimum Gasteiger partial charge on any atom is -0.320 e. The van der Waals surface area contributed by atoms with E-state index in [1.54, 1.807) is 12.1 Å². The summed E-state index contributed by atoms with van der Waals surface area (Å²) in [5.74, 6) is -1.15. The monoisotopic (exact) mass is 438 g/mol. The second kappa shape index (κ2) is 6.59. The van der Waals surface area contributed by atoms with Gasteiger partial charge in [0.1, 0.15) is 18.5 Å². The van der Waals surface area contributed by atoms with Gasteiger partial charge in [0.15, 0.2) is 0 Å². The second-order valence-corrected chi connectivity index (χ2v) is 6.41. The summed E-state index contributed by atoms with van der Waals surface area (Å²) in [4.78, 5) is 16.3. The van der Waals surface area contributed by atoms with Crippen molar-refractivity contribution in [2.45, 2.75) is 0 Å². The molecule has 0 unspecified atom stereocenters. The first kappa shape index (κ1) is 15.8. The van der Waals surface area contributed by atoms with Gasteiger partial charge in [0, 0.05) is 8.95 Å². The van der Waals surface area contributed by atoms with Crippen molar-refractivity contribution in [3.05, 3.63) is 69.4 Å². The summed E-state index contributed by atoms with van der Waals surface area (Å²) in [7, 11) is 0. The predicted octanol–water partition coefficient (Wildman–Crippen LogP) is 4.18. The zero-order valence-corrected chi connectivity index (χ0v) is 14.7. The number of nitrogens with one attached hydrogen (secondary N) is 1. The first-order valence-corrected chi connectivity index (χ1v) is 8.04. The number of aromatic nitrogens is 3. The lowest BCUT2D eigenvalue weighted by Gasteiger charge is -2.12. The van der Waals surface area contributed by atoms with E-state index < -0.39 is 11.7 Å². The topological polar surface area (TPSA) is 59.8 Å². The molecule has 0 fully saturated rings. The number of carbonyl (C=O) groups excluding carboxylic acids is 1. The SMILES string of the molecule is O=C(Nc1cc(Br)ccc1-n1cncn1)c1cc(Br)ccc1F. The highest BCUT2D eigenvalue weighted by atomic mass is 79.9. The van der Waals surface area contributed by atoms with Crippen molar-refractivity contribution in [1.82, 2.24) is 14.8 Å². The Morgan fingerprint density at radius 2 is 1.87 bits per heavy atom. The van der Waals surface area contributed by atoms with E-state index in [4.69, 9.17) is 0 Å². The highest BCUT2D eigenvalue weighted by molar-refractivity contribution is 9.10. The molecule has 5 nitrogen and oxygen atoms in total. The predicted molar refractivity (Wildman–Crippen MR) is 91.1 cm³/mol. The van der Waals surface area contributed by atoms with E-state index in [0.717, 1.165) is 4.47 Å². The molecule has 0 radical (unpaired) electrons. The van der Waals surface area contributed by atoms with Crippen molar-refractivity contribution < 1.29 is 9.18 Å². The van der Waals surface area contributed by atoms with Crippen LogP contribution in [0.5, 0.6) is 0 Å². The number of rotatable bonds is 3. The lowest BCUT2D eigenvalue weighted by Crippen LogP contribution is -2.15. The van der Waals surface area contributed by atoms with Gasteiger partial charge in [-0.3, -0.25) is 4.79 Å². The molecule has 0 saturated carbocycles. The Kier molecular flexibility index (Phi) is 4.53. The van der Waals surface area contributed by atoms with Gasteiger partial charge in [-0.25, -0.2) is 14.1 Å². The number of halogens is 3. The molecule has 8 heteroatoms. The molecular weight excluding hydrogens is 431 g/mol. The molecule has 1 aromatic heterocycles. The maximum Gasteiger partial charge on any atom is 0.258 e. The second-order valence-electron chi connectivity index (χ2n) is 4.58. The van der Waals surface area contributed by atoms with E-state index in [1.165, 1.54) is 35.5 Å². The van der Waals surface area contributed by atoms with E-state index in [-0.39, 0.29) is 5.56 Å². The summed E-state index contributed by atoms with van der Waals surface area (Å²) in [5, 5.41) is 6.75. The highest BCUT2D eigenvalue weighted by Gasteiger charge is 2.15. The number of hydrogen-bond acceptors (Lipinski definition) is 3. The zero-order valence-electron chi connectivity index (χ0n) is 11.5. The number of amides is 1. The molecule has 3 aromatic rings. The fourth-order valence-corrected chi connectivity index (χ4v) is 2.72. The average molecular weight is 440 g/mol. The highest BCUT2D eigenvalue weighted by Crippen LogP contribution is 2.25. The Morgan fingerprint density at radius 1 is 1.13 bits per heavy atom. The van der Waals surface area contributed by atoms with Gasteiger partial charge in [0.05, 0.1) is 16.9 Å². The van der Waals surface area contributed by atoms with Gasteiger partial charge in [-0.2, -0.15) is 5.10 Å². The van der Waals surface area contributed by atoms with E-state index in [1.807, 2.05) is 6.07 Å². The van der Waals surface area contributed by atoms with Gasteiger partial charge in [-0.15, -0.1) is 0 Å². The summed E-state index contributed by atoms with van der Waals surface area (Å²) in [5.41, 5.74) is 1.05. The van der Waals surface area contributed by atoms with Crippen molar-refractivity contribution in [2.75, 3.05) is 5.32 Å². The van der Waals surface area contributed by atoms with Crippen LogP contribution in [0.2, 0.25) is 0 Å². The minimum absolute atomic E-state index is 0.0520. The lowest BCUT2D eigenvalue weighted by atomic mass is 10.2. The van der Waals surface area contributed by atoms with Crippen LogP contribution in [0.4, 0.5) is 10.1 Å². The van der Waals surface area contributed by atoms with Crippen molar-refractivity contribution in [2.24, 2.45) is 0 Å². The van der Waals surface area contributed by atoms with Crippen LogP contribution in [-0.4, -0.2) is 20.7 Å². The molecule has 0 aliphatic heterocycles. The zero-order chi connectivity index (χ0) is 16.4. The Hall–Kier alpha value is -2.06. The van der Waals surface area contributed by atoms with E-state index in [2.05, 4.69) is 47.3 Å². The molecule has 0 atom stereocenters. The third-order valence-electron chi connectivity index (χ3n) is 3.05. The quantitative estimate of drug-likeness (QED) is 0.665. The van der Waals surface area contributed by atoms with Gasteiger partial charge in [0.25, 0.3) is 5.91 Å². The normalized spacial score (nSPS) is 10.6. The molecule has 116 valence electrons. The molecule has 1 N–H and O–H groups in total. The fourth-order valence-electron chi connectivity index (χ4n) is 2.00. The molecule has 0 aliphatic carbocycles. The van der Waals surface area contributed by atoms with Crippen LogP contribution in [0.3, 0.4) is 0 Å². The van der Waals surface area contributed by atoms with Crippen molar-refractivity contribution in [3.63, 3.8) is 0 Å². The molecule has 1 heterocycles. The molecule has 0 aliphatic rings. The summed E-state index contributed by atoms with van der Waals surface area (Å²) >= 11 is 6.58. The Balaban J connectivity index is 1.98. The Bertz CT molecular complexity index is 868. The molecule has 0 spiro atoms. The maximum atomic E-state index is 13.9. The van der Waals surface area contributed by atoms with Crippen LogP contribution in [0.25, 0.3) is 5.69 Å². The van der Waals surface area contributed by atoms with Crippen molar-refractivity contribution in [3.8, 4) is 5.69 Å². The van der Waals surface area contributed by atoms with E-state index in [0.29, 0.717) is 15.8 Å². The van der Waals surface area contributed by atoms with Gasteiger partial charge in [-0.05, 0) is 36.4 Å². The van der Waals surface area contributed by atoms with Crippen LogP contribution in [0, 0.1) is 5.82 Å². The molecule has 0 bridgehead atoms. The third kappa shape index (κ3) is 3.48. The number of carbonyl (C=O) groups is 1. The summed E-state index contributed by atoms with van der Waals surface area (Å²) in [6.07, 6.45) is 2.90. The number of anilines is 1. The van der Waals surface area contributed by atoms with Crippen LogP contribution in [0.1, 0.15) is 10.4 Å². The van der Waals surface area contributed by atoms with E-state index >= 15 is 0 Å². The smallest absolute Gasteiger partial charge is 0.258 e. The number of benzene rings is 2. The lowest BCUT2D eigenvalue weighted by molar-refractivity contribution is 0.102. The first-order chi connectivity index (χ1) is 11.0. The number of hydrogen-bond donors (Lipinski definition) is 1. The van der Waals surface area contributed by atoms with Crippen molar-refractivity contribution in [1.29, 1.82) is 0 Å². The first-order valence-electron chi connectivity index (χ1n) is 6.45. The van der Waals surface area contributed by atoms with Crippen LogP contribution in [-0.2, 0) is 0 Å².